The van der Waals surface area contributed by atoms with E-state index < -0.39 is 5.82 Å². The van der Waals surface area contributed by atoms with E-state index in [0.29, 0.717) is 53.3 Å². The lowest BCUT2D eigenvalue weighted by Crippen LogP contribution is -2.31. The highest BCUT2D eigenvalue weighted by Gasteiger charge is 2.46. The number of anilines is 1. The fourth-order valence-corrected chi connectivity index (χ4v) is 6.27. The first-order valence-corrected chi connectivity index (χ1v) is 13.6. The minimum absolute atomic E-state index is 0.114. The van der Waals surface area contributed by atoms with Crippen molar-refractivity contribution in [2.45, 2.75) is 37.6 Å². The first kappa shape index (κ1) is 25.1. The van der Waals surface area contributed by atoms with Crippen LogP contribution in [0.25, 0.3) is 22.0 Å². The van der Waals surface area contributed by atoms with Gasteiger partial charge in [-0.1, -0.05) is 36.4 Å². The van der Waals surface area contributed by atoms with Crippen molar-refractivity contribution in [3.8, 4) is 17.1 Å². The Kier molecular flexibility index (Phi) is 6.70. The molecule has 1 aliphatic heterocycles. The summed E-state index contributed by atoms with van der Waals surface area (Å²) in [6, 6.07) is 8.20. The number of fused-ring (bicyclic) bond motifs is 4. The number of nitrogens with one attached hydrogen (secondary N) is 2. The van der Waals surface area contributed by atoms with Crippen molar-refractivity contribution in [2.75, 3.05) is 38.6 Å². The summed E-state index contributed by atoms with van der Waals surface area (Å²) in [4.78, 5) is 22.9. The van der Waals surface area contributed by atoms with Gasteiger partial charge in [0.1, 0.15) is 17.9 Å². The van der Waals surface area contributed by atoms with Crippen molar-refractivity contribution in [1.29, 1.82) is 0 Å². The quantitative estimate of drug-likeness (QED) is 0.298. The third-order valence-electron chi connectivity index (χ3n) is 8.08. The molecule has 1 aromatic heterocycles. The zero-order chi connectivity index (χ0) is 26.4. The van der Waals surface area contributed by atoms with Gasteiger partial charge in [-0.05, 0) is 79.9 Å². The van der Waals surface area contributed by atoms with Gasteiger partial charge >= 0.3 is 6.01 Å². The molecule has 1 amide bonds. The maximum atomic E-state index is 16.4. The molecule has 3 aromatic rings. The fourth-order valence-electron chi connectivity index (χ4n) is 5.98. The lowest BCUT2D eigenvalue weighted by Gasteiger charge is -2.20. The van der Waals surface area contributed by atoms with E-state index in [9.17, 15) is 4.79 Å². The molecule has 3 aliphatic rings. The highest BCUT2D eigenvalue weighted by molar-refractivity contribution is 6.34. The van der Waals surface area contributed by atoms with Crippen LogP contribution in [0.1, 0.15) is 36.3 Å². The first-order chi connectivity index (χ1) is 18.4. The molecule has 0 radical (unpaired) electrons. The van der Waals surface area contributed by atoms with Crippen molar-refractivity contribution in [3.63, 3.8) is 0 Å². The van der Waals surface area contributed by atoms with Crippen LogP contribution < -0.4 is 15.4 Å². The molecule has 3 atom stereocenters. The normalized spacial score (nSPS) is 21.7. The van der Waals surface area contributed by atoms with Gasteiger partial charge in [0.25, 0.3) is 0 Å². The van der Waals surface area contributed by atoms with E-state index in [0.717, 1.165) is 37.8 Å². The van der Waals surface area contributed by atoms with Crippen molar-refractivity contribution in [2.24, 2.45) is 5.92 Å². The number of ether oxygens (including phenoxy) is 1. The smallest absolute Gasteiger partial charge is 0.319 e. The molecule has 198 valence electrons. The number of halogens is 2. The number of carbonyl (C=O) groups is 1. The molecular formula is C29H31ClFN5O2. The molecule has 1 saturated heterocycles. The van der Waals surface area contributed by atoms with E-state index in [1.165, 1.54) is 17.2 Å². The summed E-state index contributed by atoms with van der Waals surface area (Å²) in [6.45, 7) is 5.62. The minimum atomic E-state index is -0.474. The lowest BCUT2D eigenvalue weighted by atomic mass is 9.93. The summed E-state index contributed by atoms with van der Waals surface area (Å²) < 4.78 is 22.4. The highest BCUT2D eigenvalue weighted by atomic mass is 35.5. The van der Waals surface area contributed by atoms with Gasteiger partial charge in [-0.25, -0.2) is 4.39 Å². The Labute approximate surface area is 226 Å². The number of nitrogens with zero attached hydrogens (tertiary/aromatic N) is 3. The van der Waals surface area contributed by atoms with Gasteiger partial charge in [-0.15, -0.1) is 0 Å². The zero-order valence-electron chi connectivity index (χ0n) is 21.4. The van der Waals surface area contributed by atoms with E-state index in [4.69, 9.17) is 16.3 Å². The lowest BCUT2D eigenvalue weighted by molar-refractivity contribution is -0.116. The van der Waals surface area contributed by atoms with Crippen LogP contribution >= 0.6 is 11.6 Å². The molecule has 0 spiro atoms. The number of hydrogen-bond donors (Lipinski definition) is 2. The van der Waals surface area contributed by atoms with Gasteiger partial charge in [-0.2, -0.15) is 9.97 Å². The largest absolute Gasteiger partial charge is 0.462 e. The number of rotatable bonds is 9. The maximum Gasteiger partial charge on any atom is 0.319 e. The van der Waals surface area contributed by atoms with E-state index in [-0.39, 0.29) is 23.5 Å². The first-order valence-electron chi connectivity index (χ1n) is 13.2. The van der Waals surface area contributed by atoms with Crippen LogP contribution in [-0.4, -0.2) is 60.1 Å². The molecule has 9 heteroatoms. The highest BCUT2D eigenvalue weighted by Crippen LogP contribution is 2.59. The predicted octanol–water partition coefficient (Wildman–Crippen LogP) is 4.94. The number of benzene rings is 2. The molecule has 7 nitrogen and oxygen atoms in total. The number of carbonyl (C=O) groups excluding carboxylic acids is 1. The van der Waals surface area contributed by atoms with E-state index >= 15 is 4.39 Å². The molecule has 1 saturated carbocycles. The van der Waals surface area contributed by atoms with Gasteiger partial charge in [0, 0.05) is 30.1 Å². The molecule has 2 N–H and O–H groups in total. The van der Waals surface area contributed by atoms with Crippen molar-refractivity contribution in [3.05, 3.63) is 58.9 Å². The van der Waals surface area contributed by atoms with Crippen molar-refractivity contribution < 1.29 is 13.9 Å². The average molecular weight is 536 g/mol. The Balaban J connectivity index is 1.38. The molecule has 0 bridgehead atoms. The zero-order valence-corrected chi connectivity index (χ0v) is 22.2. The number of likely N-dealkylation sites (tertiary alicyclic amines) is 1. The second-order valence-electron chi connectivity index (χ2n) is 10.5. The third-order valence-corrected chi connectivity index (χ3v) is 8.38. The topological polar surface area (TPSA) is 79.4 Å². The van der Waals surface area contributed by atoms with Crippen LogP contribution in [0.5, 0.6) is 6.01 Å². The van der Waals surface area contributed by atoms with Crippen LogP contribution in [0.15, 0.2) is 36.9 Å². The van der Waals surface area contributed by atoms with Crippen LogP contribution in [0.2, 0.25) is 5.02 Å². The Morgan fingerprint density at radius 1 is 1.34 bits per heavy atom. The minimum Gasteiger partial charge on any atom is -0.462 e. The van der Waals surface area contributed by atoms with Gasteiger partial charge in [0.15, 0.2) is 5.82 Å². The summed E-state index contributed by atoms with van der Waals surface area (Å²) in [5.74, 6) is 0.824. The number of likely N-dealkylation sites (N-methyl/N-ethyl adjacent to an activating group) is 1. The predicted molar refractivity (Wildman–Crippen MR) is 147 cm³/mol. The summed E-state index contributed by atoms with van der Waals surface area (Å²) in [7, 11) is 2.07. The van der Waals surface area contributed by atoms with Crippen molar-refractivity contribution >= 4 is 34.2 Å². The molecule has 2 unspecified atom stereocenters. The maximum absolute atomic E-state index is 16.4. The molecule has 2 aliphatic carbocycles. The van der Waals surface area contributed by atoms with E-state index in [1.54, 1.807) is 6.07 Å². The Morgan fingerprint density at radius 3 is 3.00 bits per heavy atom. The second-order valence-corrected chi connectivity index (χ2v) is 10.9. The van der Waals surface area contributed by atoms with E-state index in [1.807, 2.05) is 12.1 Å². The summed E-state index contributed by atoms with van der Waals surface area (Å²) in [6.07, 6.45) is 5.57. The second kappa shape index (κ2) is 10.2. The number of aromatic nitrogens is 2. The van der Waals surface area contributed by atoms with Crippen LogP contribution in [0, 0.1) is 11.7 Å². The Morgan fingerprint density at radius 2 is 2.21 bits per heavy atom. The van der Waals surface area contributed by atoms with Gasteiger partial charge < -0.3 is 20.3 Å². The van der Waals surface area contributed by atoms with Gasteiger partial charge in [0.2, 0.25) is 5.91 Å². The Hall–Kier alpha value is -3.23. The van der Waals surface area contributed by atoms with Crippen LogP contribution in [0.4, 0.5) is 10.2 Å². The van der Waals surface area contributed by atoms with Gasteiger partial charge in [-0.3, -0.25) is 4.79 Å². The fraction of sp³-hybridized carbons (Fsp3) is 0.414. The average Bonchev–Trinajstić information content (AvgIpc) is 3.38. The van der Waals surface area contributed by atoms with Gasteiger partial charge in [0.05, 0.1) is 5.02 Å². The Bertz CT molecular complexity index is 1430. The molecule has 6 rings (SSSR count). The summed E-state index contributed by atoms with van der Waals surface area (Å²) >= 11 is 6.77. The SMILES string of the molecule is C=CC(=O)NCCNc1nc(OC[C@@H]2CCCN2C)nc2c(F)c(-c3cccc4c3C3CC3C4)c(Cl)cc12. The summed E-state index contributed by atoms with van der Waals surface area (Å²) in [5.41, 5.74) is 3.91. The molecule has 2 aromatic carbocycles. The van der Waals surface area contributed by atoms with Crippen molar-refractivity contribution in [1.82, 2.24) is 20.2 Å². The monoisotopic (exact) mass is 535 g/mol. The molecular weight excluding hydrogens is 505 g/mol. The van der Waals surface area contributed by atoms with Crippen LogP contribution in [-0.2, 0) is 11.2 Å². The van der Waals surface area contributed by atoms with E-state index in [2.05, 4.69) is 45.2 Å². The number of amides is 1. The van der Waals surface area contributed by atoms with Crippen LogP contribution in [0.3, 0.4) is 0 Å². The third kappa shape index (κ3) is 4.60. The summed E-state index contributed by atoms with van der Waals surface area (Å²) in [5, 5.41) is 6.70. The molecule has 2 heterocycles. The molecule has 38 heavy (non-hydrogen) atoms. The molecule has 2 fully saturated rings. The number of hydrogen-bond acceptors (Lipinski definition) is 6. The standard InChI is InChI=1S/C29H31ClFN5O2/c1-3-23(37)32-9-10-33-28-21-14-22(30)25(19-8-4-6-16-12-17-13-20(17)24(16)19)26(31)27(21)34-29(35-28)38-15-18-7-5-11-36(18)2/h3-4,6,8,14,17-18,20H,1,5,7,9-13,15H2,2H3,(H,32,37)(H,33,34,35)/t17?,18-,20?/m0/s1.